The number of hydrogen-bond donors (Lipinski definition) is 3. The molecule has 0 spiro atoms. The molecule has 0 aliphatic rings. The van der Waals surface area contributed by atoms with E-state index in [1.807, 2.05) is 18.2 Å². The number of anilines is 2. The Bertz CT molecular complexity index is 552. The van der Waals surface area contributed by atoms with Crippen LogP contribution in [-0.2, 0) is 6.54 Å². The highest BCUT2D eigenvalue weighted by Gasteiger charge is 2.05. The lowest BCUT2D eigenvalue weighted by Crippen LogP contribution is -2.07. The molecular weight excluding hydrogens is 240 g/mol. The molecule has 0 atom stereocenters. The van der Waals surface area contributed by atoms with Crippen molar-refractivity contribution in [3.63, 3.8) is 0 Å². The lowest BCUT2D eigenvalue weighted by atomic mass is 10.1. The van der Waals surface area contributed by atoms with Gasteiger partial charge >= 0.3 is 0 Å². The highest BCUT2D eigenvalue weighted by Crippen LogP contribution is 2.17. The molecule has 1 aromatic carbocycles. The van der Waals surface area contributed by atoms with E-state index in [9.17, 15) is 5.11 Å². The fraction of sp³-hybridized carbons (Fsp3) is 0.286. The quantitative estimate of drug-likeness (QED) is 0.784. The van der Waals surface area contributed by atoms with Crippen LogP contribution < -0.4 is 11.1 Å². The number of benzene rings is 1. The minimum atomic E-state index is 0.261. The van der Waals surface area contributed by atoms with Gasteiger partial charge in [-0.3, -0.25) is 0 Å². The first-order chi connectivity index (χ1) is 9.04. The van der Waals surface area contributed by atoms with Gasteiger partial charge in [-0.05, 0) is 23.6 Å². The van der Waals surface area contributed by atoms with Crippen molar-refractivity contribution in [2.45, 2.75) is 26.3 Å². The zero-order chi connectivity index (χ0) is 13.8. The summed E-state index contributed by atoms with van der Waals surface area (Å²) in [4.78, 5) is 8.35. The van der Waals surface area contributed by atoms with E-state index < -0.39 is 0 Å². The smallest absolute Gasteiger partial charge is 0.222 e. The summed E-state index contributed by atoms with van der Waals surface area (Å²) in [5.41, 5.74) is 7.66. The largest absolute Gasteiger partial charge is 0.508 e. The van der Waals surface area contributed by atoms with Crippen LogP contribution in [0.3, 0.4) is 0 Å². The van der Waals surface area contributed by atoms with Gasteiger partial charge in [0.1, 0.15) is 11.6 Å². The second-order valence-corrected chi connectivity index (χ2v) is 4.71. The molecule has 0 fully saturated rings. The second kappa shape index (κ2) is 5.56. The van der Waals surface area contributed by atoms with Crippen molar-refractivity contribution in [3.05, 3.63) is 41.6 Å². The second-order valence-electron chi connectivity index (χ2n) is 4.71. The Morgan fingerprint density at radius 1 is 1.21 bits per heavy atom. The minimum Gasteiger partial charge on any atom is -0.508 e. The number of nitrogens with two attached hydrogens (primary N) is 1. The van der Waals surface area contributed by atoms with Gasteiger partial charge in [0.25, 0.3) is 0 Å². The van der Waals surface area contributed by atoms with Gasteiger partial charge in [-0.15, -0.1) is 0 Å². The third-order valence-electron chi connectivity index (χ3n) is 2.76. The van der Waals surface area contributed by atoms with Crippen molar-refractivity contribution in [2.24, 2.45) is 0 Å². The Hall–Kier alpha value is -2.30. The maximum Gasteiger partial charge on any atom is 0.222 e. The number of nitrogens with zero attached hydrogens (tertiary/aromatic N) is 2. The molecule has 100 valence electrons. The summed E-state index contributed by atoms with van der Waals surface area (Å²) in [6.07, 6.45) is 0. The molecule has 1 heterocycles. The van der Waals surface area contributed by atoms with Gasteiger partial charge in [-0.25, -0.2) is 4.98 Å². The van der Waals surface area contributed by atoms with Crippen molar-refractivity contribution >= 4 is 11.8 Å². The summed E-state index contributed by atoms with van der Waals surface area (Å²) in [5.74, 6) is 1.56. The number of nitrogen functional groups attached to an aromatic ring is 1. The maximum atomic E-state index is 9.22. The number of rotatable bonds is 4. The Morgan fingerprint density at radius 3 is 2.53 bits per heavy atom. The van der Waals surface area contributed by atoms with Crippen LogP contribution in [0.1, 0.15) is 31.0 Å². The van der Waals surface area contributed by atoms with E-state index in [0.717, 1.165) is 11.3 Å². The maximum absolute atomic E-state index is 9.22. The summed E-state index contributed by atoms with van der Waals surface area (Å²) in [6, 6.07) is 8.93. The summed E-state index contributed by atoms with van der Waals surface area (Å²) >= 11 is 0. The summed E-state index contributed by atoms with van der Waals surface area (Å²) in [6.45, 7) is 4.74. The zero-order valence-corrected chi connectivity index (χ0v) is 11.1. The molecule has 0 aliphatic carbocycles. The average molecular weight is 258 g/mol. The molecule has 0 amide bonds. The highest BCUT2D eigenvalue weighted by molar-refractivity contribution is 5.42. The molecule has 2 aromatic rings. The van der Waals surface area contributed by atoms with Crippen LogP contribution in [0.25, 0.3) is 0 Å². The molecule has 5 nitrogen and oxygen atoms in total. The third-order valence-corrected chi connectivity index (χ3v) is 2.76. The van der Waals surface area contributed by atoms with Crippen molar-refractivity contribution in [3.8, 4) is 5.75 Å². The Kier molecular flexibility index (Phi) is 3.85. The SMILES string of the molecule is CC(C)c1cc(NCc2ccc(O)cc2)nc(N)n1. The average Bonchev–Trinajstić information content (AvgIpc) is 2.37. The fourth-order valence-electron chi connectivity index (χ4n) is 1.68. The van der Waals surface area contributed by atoms with E-state index in [1.165, 1.54) is 0 Å². The molecule has 0 saturated carbocycles. The zero-order valence-electron chi connectivity index (χ0n) is 11.1. The number of aromatic hydroxyl groups is 1. The highest BCUT2D eigenvalue weighted by atomic mass is 16.3. The summed E-state index contributed by atoms with van der Waals surface area (Å²) < 4.78 is 0. The van der Waals surface area contributed by atoms with Crippen molar-refractivity contribution in [2.75, 3.05) is 11.1 Å². The lowest BCUT2D eigenvalue weighted by molar-refractivity contribution is 0.475. The van der Waals surface area contributed by atoms with Crippen LogP contribution in [0.4, 0.5) is 11.8 Å². The van der Waals surface area contributed by atoms with Gasteiger partial charge in [0.2, 0.25) is 5.95 Å². The molecule has 0 radical (unpaired) electrons. The van der Waals surface area contributed by atoms with Crippen LogP contribution in [0.15, 0.2) is 30.3 Å². The van der Waals surface area contributed by atoms with Gasteiger partial charge in [0, 0.05) is 12.6 Å². The van der Waals surface area contributed by atoms with Gasteiger partial charge in [-0.2, -0.15) is 4.98 Å². The van der Waals surface area contributed by atoms with E-state index in [1.54, 1.807) is 12.1 Å². The van der Waals surface area contributed by atoms with Gasteiger partial charge in [0.15, 0.2) is 0 Å². The fourth-order valence-corrected chi connectivity index (χ4v) is 1.68. The molecular formula is C14H18N4O. The molecule has 2 rings (SSSR count). The summed E-state index contributed by atoms with van der Waals surface area (Å²) in [5, 5.41) is 12.4. The van der Waals surface area contributed by atoms with Gasteiger partial charge in [0.05, 0.1) is 5.69 Å². The first kappa shape index (κ1) is 13.1. The molecule has 5 heteroatoms. The lowest BCUT2D eigenvalue weighted by Gasteiger charge is -2.10. The normalized spacial score (nSPS) is 10.7. The number of phenols is 1. The van der Waals surface area contributed by atoms with Crippen molar-refractivity contribution in [1.82, 2.24) is 9.97 Å². The van der Waals surface area contributed by atoms with Gasteiger partial charge < -0.3 is 16.2 Å². The van der Waals surface area contributed by atoms with E-state index in [-0.39, 0.29) is 11.7 Å². The van der Waals surface area contributed by atoms with Crippen LogP contribution >= 0.6 is 0 Å². The van der Waals surface area contributed by atoms with Crippen LogP contribution in [0, 0.1) is 0 Å². The minimum absolute atomic E-state index is 0.261. The van der Waals surface area contributed by atoms with E-state index in [2.05, 4.69) is 29.1 Å². The molecule has 0 aliphatic heterocycles. The predicted molar refractivity (Wildman–Crippen MR) is 76.0 cm³/mol. The third kappa shape index (κ3) is 3.58. The Labute approximate surface area is 112 Å². The number of phenolic OH excluding ortho intramolecular Hbond substituents is 1. The standard InChI is InChI=1S/C14H18N4O/c1-9(2)12-7-13(18-14(15)17-12)16-8-10-3-5-11(19)6-4-10/h3-7,9,19H,8H2,1-2H3,(H3,15,16,17,18). The predicted octanol–water partition coefficient (Wildman–Crippen LogP) is 2.50. The number of nitrogens with one attached hydrogen (secondary N) is 1. The van der Waals surface area contributed by atoms with Crippen LogP contribution in [0.5, 0.6) is 5.75 Å². The first-order valence-electron chi connectivity index (χ1n) is 6.21. The Balaban J connectivity index is 2.08. The number of aromatic nitrogens is 2. The molecule has 0 saturated heterocycles. The van der Waals surface area contributed by atoms with Crippen molar-refractivity contribution in [1.29, 1.82) is 0 Å². The molecule has 1 aromatic heterocycles. The van der Waals surface area contributed by atoms with E-state index in [4.69, 9.17) is 5.73 Å². The van der Waals surface area contributed by atoms with Crippen LogP contribution in [-0.4, -0.2) is 15.1 Å². The topological polar surface area (TPSA) is 84.1 Å². The van der Waals surface area contributed by atoms with E-state index >= 15 is 0 Å². The first-order valence-corrected chi connectivity index (χ1v) is 6.21. The molecule has 0 unspecified atom stereocenters. The van der Waals surface area contributed by atoms with Crippen LogP contribution in [0.2, 0.25) is 0 Å². The number of hydrogen-bond acceptors (Lipinski definition) is 5. The Morgan fingerprint density at radius 2 is 1.89 bits per heavy atom. The summed E-state index contributed by atoms with van der Waals surface area (Å²) in [7, 11) is 0. The monoisotopic (exact) mass is 258 g/mol. The molecule has 19 heavy (non-hydrogen) atoms. The molecule has 0 bridgehead atoms. The van der Waals surface area contributed by atoms with Crippen molar-refractivity contribution < 1.29 is 5.11 Å². The molecule has 4 N–H and O–H groups in total. The van der Waals surface area contributed by atoms with E-state index in [0.29, 0.717) is 18.3 Å². The van der Waals surface area contributed by atoms with Gasteiger partial charge in [-0.1, -0.05) is 26.0 Å².